The molecule has 1 aromatic heterocycles. The van der Waals surface area contributed by atoms with Crippen LogP contribution in [0.2, 0.25) is 5.02 Å². The fraction of sp³-hybridized carbons (Fsp3) is 0.200. The van der Waals surface area contributed by atoms with Gasteiger partial charge in [-0.3, -0.25) is 4.79 Å². The molecule has 1 atom stereocenters. The van der Waals surface area contributed by atoms with Gasteiger partial charge in [0.25, 0.3) is 0 Å². The molecule has 3 rings (SSSR count). The normalized spacial score (nSPS) is 16.1. The fourth-order valence-electron chi connectivity index (χ4n) is 2.28. The molecule has 2 heterocycles. The zero-order chi connectivity index (χ0) is 14.8. The third-order valence-corrected chi connectivity index (χ3v) is 3.62. The van der Waals surface area contributed by atoms with Crippen LogP contribution in [0, 0.1) is 0 Å². The Balaban J connectivity index is 1.63. The molecule has 0 bridgehead atoms. The number of pyridine rings is 1. The van der Waals surface area contributed by atoms with Gasteiger partial charge < -0.3 is 15.8 Å². The third kappa shape index (κ3) is 2.92. The summed E-state index contributed by atoms with van der Waals surface area (Å²) in [5.74, 6) is 0.888. The molecule has 21 heavy (non-hydrogen) atoms. The first-order chi connectivity index (χ1) is 10.1. The van der Waals surface area contributed by atoms with Crippen molar-refractivity contribution in [2.75, 3.05) is 11.9 Å². The van der Waals surface area contributed by atoms with Crippen molar-refractivity contribution >= 4 is 23.3 Å². The van der Waals surface area contributed by atoms with Crippen molar-refractivity contribution in [1.82, 2.24) is 4.98 Å². The first-order valence-corrected chi connectivity index (χ1v) is 6.95. The second kappa shape index (κ2) is 5.61. The molecule has 6 heteroatoms. The van der Waals surface area contributed by atoms with Gasteiger partial charge >= 0.3 is 0 Å². The number of rotatable bonds is 4. The van der Waals surface area contributed by atoms with E-state index in [-0.39, 0.29) is 11.7 Å². The minimum atomic E-state index is -0.550. The Bertz CT molecular complexity index is 665. The highest BCUT2D eigenvalue weighted by molar-refractivity contribution is 6.33. The summed E-state index contributed by atoms with van der Waals surface area (Å²) in [7, 11) is 0. The summed E-state index contributed by atoms with van der Waals surface area (Å²) in [4.78, 5) is 15.2. The summed E-state index contributed by atoms with van der Waals surface area (Å²) >= 11 is 6.07. The Labute approximate surface area is 127 Å². The maximum atomic E-state index is 11.0. The van der Waals surface area contributed by atoms with E-state index in [9.17, 15) is 4.79 Å². The number of benzene rings is 1. The van der Waals surface area contributed by atoms with Gasteiger partial charge in [0.15, 0.2) is 0 Å². The molecule has 2 aromatic rings. The van der Waals surface area contributed by atoms with Crippen molar-refractivity contribution in [2.24, 2.45) is 5.73 Å². The van der Waals surface area contributed by atoms with E-state index < -0.39 is 5.91 Å². The van der Waals surface area contributed by atoms with Crippen LogP contribution >= 0.6 is 11.6 Å². The van der Waals surface area contributed by atoms with Gasteiger partial charge in [-0.1, -0.05) is 29.8 Å². The second-order valence-electron chi connectivity index (χ2n) is 4.85. The van der Waals surface area contributed by atoms with E-state index in [1.165, 1.54) is 17.8 Å². The summed E-state index contributed by atoms with van der Waals surface area (Å²) < 4.78 is 5.82. The van der Waals surface area contributed by atoms with Gasteiger partial charge in [-0.15, -0.1) is 0 Å². The van der Waals surface area contributed by atoms with Crippen LogP contribution in [0.4, 0.5) is 5.82 Å². The van der Waals surface area contributed by atoms with Crippen LogP contribution in [-0.4, -0.2) is 23.5 Å². The highest BCUT2D eigenvalue weighted by Crippen LogP contribution is 2.28. The average Bonchev–Trinajstić information content (AvgIpc) is 2.88. The SMILES string of the molecule is NC(=O)c1cnc(NC[C@@H]2Cc3ccccc3O2)c(Cl)c1. The van der Waals surface area contributed by atoms with Crippen molar-refractivity contribution < 1.29 is 9.53 Å². The Kier molecular flexibility index (Phi) is 3.66. The zero-order valence-corrected chi connectivity index (χ0v) is 11.9. The Morgan fingerprint density at radius 2 is 2.29 bits per heavy atom. The molecular weight excluding hydrogens is 290 g/mol. The predicted octanol–water partition coefficient (Wildman–Crippen LogP) is 2.25. The largest absolute Gasteiger partial charge is 0.488 e. The Morgan fingerprint density at radius 3 is 3.00 bits per heavy atom. The molecule has 108 valence electrons. The average molecular weight is 304 g/mol. The summed E-state index contributed by atoms with van der Waals surface area (Å²) in [6, 6.07) is 9.47. The van der Waals surface area contributed by atoms with Crippen LogP contribution < -0.4 is 15.8 Å². The number of hydrogen-bond donors (Lipinski definition) is 2. The molecule has 1 aliphatic heterocycles. The molecule has 0 saturated carbocycles. The maximum Gasteiger partial charge on any atom is 0.250 e. The number of fused-ring (bicyclic) bond motifs is 1. The first kappa shape index (κ1) is 13.7. The Morgan fingerprint density at radius 1 is 1.48 bits per heavy atom. The van der Waals surface area contributed by atoms with Crippen molar-refractivity contribution in [2.45, 2.75) is 12.5 Å². The van der Waals surface area contributed by atoms with E-state index >= 15 is 0 Å². The molecule has 5 nitrogen and oxygen atoms in total. The molecule has 1 aromatic carbocycles. The number of nitrogens with one attached hydrogen (secondary N) is 1. The summed E-state index contributed by atoms with van der Waals surface area (Å²) in [5.41, 5.74) is 6.67. The number of anilines is 1. The monoisotopic (exact) mass is 303 g/mol. The van der Waals surface area contributed by atoms with Crippen LogP contribution in [0.25, 0.3) is 0 Å². The number of carbonyl (C=O) groups is 1. The molecule has 0 spiro atoms. The van der Waals surface area contributed by atoms with Gasteiger partial charge in [0.2, 0.25) is 5.91 Å². The summed E-state index contributed by atoms with van der Waals surface area (Å²) in [6.45, 7) is 0.581. The number of halogens is 1. The second-order valence-corrected chi connectivity index (χ2v) is 5.26. The number of ether oxygens (including phenoxy) is 1. The molecular formula is C15H14ClN3O2. The lowest BCUT2D eigenvalue weighted by Gasteiger charge is -2.13. The number of nitrogens with zero attached hydrogens (tertiary/aromatic N) is 1. The lowest BCUT2D eigenvalue weighted by molar-refractivity contribution is 0.1000. The van der Waals surface area contributed by atoms with Gasteiger partial charge in [0.05, 0.1) is 17.1 Å². The molecule has 3 N–H and O–H groups in total. The standard InChI is InChI=1S/C15H14ClN3O2/c16-12-6-10(14(17)20)7-18-15(12)19-8-11-5-9-3-1-2-4-13(9)21-11/h1-4,6-7,11H,5,8H2,(H2,17,20)(H,18,19)/t11-/m0/s1. The number of primary amides is 1. The zero-order valence-electron chi connectivity index (χ0n) is 11.2. The molecule has 0 unspecified atom stereocenters. The van der Waals surface area contributed by atoms with Gasteiger partial charge in [-0.2, -0.15) is 0 Å². The number of para-hydroxylation sites is 1. The highest BCUT2D eigenvalue weighted by Gasteiger charge is 2.22. The first-order valence-electron chi connectivity index (χ1n) is 6.57. The summed E-state index contributed by atoms with van der Waals surface area (Å²) in [6.07, 6.45) is 2.29. The van der Waals surface area contributed by atoms with Crippen molar-refractivity contribution in [3.05, 3.63) is 52.7 Å². The number of aromatic nitrogens is 1. The van der Waals surface area contributed by atoms with Gasteiger partial charge in [0.1, 0.15) is 17.7 Å². The van der Waals surface area contributed by atoms with E-state index in [1.807, 2.05) is 18.2 Å². The topological polar surface area (TPSA) is 77.2 Å². The van der Waals surface area contributed by atoms with Crippen LogP contribution in [0.1, 0.15) is 15.9 Å². The molecule has 0 radical (unpaired) electrons. The van der Waals surface area contributed by atoms with E-state index in [0.29, 0.717) is 17.4 Å². The van der Waals surface area contributed by atoms with E-state index in [4.69, 9.17) is 22.1 Å². The molecule has 1 amide bonds. The number of nitrogens with two attached hydrogens (primary N) is 1. The van der Waals surface area contributed by atoms with E-state index in [0.717, 1.165) is 12.2 Å². The number of hydrogen-bond acceptors (Lipinski definition) is 4. The van der Waals surface area contributed by atoms with Gasteiger partial charge in [0, 0.05) is 12.6 Å². The minimum Gasteiger partial charge on any atom is -0.488 e. The third-order valence-electron chi connectivity index (χ3n) is 3.34. The molecule has 1 aliphatic rings. The maximum absolute atomic E-state index is 11.0. The summed E-state index contributed by atoms with van der Waals surface area (Å²) in [5, 5.41) is 3.50. The fourth-order valence-corrected chi connectivity index (χ4v) is 2.51. The lowest BCUT2D eigenvalue weighted by atomic mass is 10.1. The number of amides is 1. The lowest BCUT2D eigenvalue weighted by Crippen LogP contribution is -2.24. The smallest absolute Gasteiger partial charge is 0.250 e. The molecule has 0 saturated heterocycles. The van der Waals surface area contributed by atoms with Gasteiger partial charge in [-0.25, -0.2) is 4.98 Å². The van der Waals surface area contributed by atoms with Crippen LogP contribution in [0.3, 0.4) is 0 Å². The number of carbonyl (C=O) groups excluding carboxylic acids is 1. The van der Waals surface area contributed by atoms with Crippen molar-refractivity contribution in [3.63, 3.8) is 0 Å². The van der Waals surface area contributed by atoms with E-state index in [2.05, 4.69) is 16.4 Å². The van der Waals surface area contributed by atoms with E-state index in [1.54, 1.807) is 0 Å². The predicted molar refractivity (Wildman–Crippen MR) is 80.8 cm³/mol. The minimum absolute atomic E-state index is 0.0380. The van der Waals surface area contributed by atoms with Crippen LogP contribution in [0.15, 0.2) is 36.5 Å². The molecule has 0 fully saturated rings. The van der Waals surface area contributed by atoms with Gasteiger partial charge in [-0.05, 0) is 17.7 Å². The van der Waals surface area contributed by atoms with Crippen molar-refractivity contribution in [1.29, 1.82) is 0 Å². The quantitative estimate of drug-likeness (QED) is 0.908. The van der Waals surface area contributed by atoms with Crippen molar-refractivity contribution in [3.8, 4) is 5.75 Å². The van der Waals surface area contributed by atoms with Crippen LogP contribution in [0.5, 0.6) is 5.75 Å². The molecule has 0 aliphatic carbocycles. The highest BCUT2D eigenvalue weighted by atomic mass is 35.5. The van der Waals surface area contributed by atoms with Crippen LogP contribution in [-0.2, 0) is 6.42 Å². The Hall–Kier alpha value is -2.27.